The van der Waals surface area contributed by atoms with E-state index in [-0.39, 0.29) is 6.04 Å². The van der Waals surface area contributed by atoms with Crippen molar-refractivity contribution >= 4 is 15.9 Å². The van der Waals surface area contributed by atoms with E-state index in [1.165, 1.54) is 0 Å². The Bertz CT molecular complexity index is 354. The number of nitrogens with two attached hydrogens (primary N) is 1. The first kappa shape index (κ1) is 9.80. The molecule has 1 aliphatic heterocycles. The number of hydrogen-bond donors (Lipinski definition) is 1. The maximum Gasteiger partial charge on any atom is 0.138 e. The van der Waals surface area contributed by atoms with E-state index < -0.39 is 0 Å². The van der Waals surface area contributed by atoms with Crippen molar-refractivity contribution in [2.24, 2.45) is 5.73 Å². The third-order valence-electron chi connectivity index (χ3n) is 2.16. The first-order chi connectivity index (χ1) is 6.72. The molecule has 1 aromatic carbocycles. The third-order valence-corrected chi connectivity index (χ3v) is 2.75. The second-order valence-electron chi connectivity index (χ2n) is 3.17. The van der Waals surface area contributed by atoms with Crippen molar-refractivity contribution in [2.75, 3.05) is 13.2 Å². The van der Waals surface area contributed by atoms with E-state index in [9.17, 15) is 0 Å². The molecule has 0 aromatic heterocycles. The van der Waals surface area contributed by atoms with Crippen molar-refractivity contribution in [2.45, 2.75) is 13.0 Å². The molecule has 1 aromatic rings. The van der Waals surface area contributed by atoms with Crippen molar-refractivity contribution in [1.29, 1.82) is 0 Å². The number of halogens is 1. The van der Waals surface area contributed by atoms with Gasteiger partial charge in [-0.05, 0) is 35.0 Å². The average molecular weight is 258 g/mol. The molecule has 1 aliphatic rings. The summed E-state index contributed by atoms with van der Waals surface area (Å²) in [5.41, 5.74) is 6.90. The van der Waals surface area contributed by atoms with Crippen LogP contribution >= 0.6 is 15.9 Å². The molecule has 1 atom stereocenters. The number of fused-ring (bicyclic) bond motifs is 1. The Morgan fingerprint density at radius 1 is 1.64 bits per heavy atom. The number of benzene rings is 1. The van der Waals surface area contributed by atoms with Gasteiger partial charge in [0.15, 0.2) is 0 Å². The van der Waals surface area contributed by atoms with Crippen molar-refractivity contribution in [3.8, 4) is 11.5 Å². The van der Waals surface area contributed by atoms with Crippen LogP contribution in [-0.2, 0) is 0 Å². The highest BCUT2D eigenvalue weighted by Gasteiger charge is 2.23. The summed E-state index contributed by atoms with van der Waals surface area (Å²) < 4.78 is 11.8. The average Bonchev–Trinajstić information content (AvgIpc) is 2.49. The summed E-state index contributed by atoms with van der Waals surface area (Å²) in [6, 6.07) is 3.81. The van der Waals surface area contributed by atoms with E-state index in [2.05, 4.69) is 15.9 Å². The van der Waals surface area contributed by atoms with Crippen molar-refractivity contribution in [3.05, 3.63) is 22.2 Å². The summed E-state index contributed by atoms with van der Waals surface area (Å²) >= 11 is 3.44. The molecule has 2 rings (SSSR count). The van der Waals surface area contributed by atoms with Crippen LogP contribution in [0.1, 0.15) is 18.5 Å². The van der Waals surface area contributed by atoms with Crippen molar-refractivity contribution in [3.63, 3.8) is 0 Å². The van der Waals surface area contributed by atoms with Gasteiger partial charge >= 0.3 is 0 Å². The molecule has 0 saturated heterocycles. The topological polar surface area (TPSA) is 44.5 Å². The van der Waals surface area contributed by atoms with Crippen molar-refractivity contribution < 1.29 is 9.47 Å². The number of rotatable bonds is 2. The highest BCUT2D eigenvalue weighted by atomic mass is 79.9. The minimum atomic E-state index is -0.0401. The minimum absolute atomic E-state index is 0.0401. The van der Waals surface area contributed by atoms with E-state index in [1.54, 1.807) is 0 Å². The molecule has 0 aliphatic carbocycles. The van der Waals surface area contributed by atoms with Crippen LogP contribution in [-0.4, -0.2) is 13.2 Å². The summed E-state index contributed by atoms with van der Waals surface area (Å²) in [5.74, 6) is 1.68. The van der Waals surface area contributed by atoms with Gasteiger partial charge in [0.1, 0.15) is 18.1 Å². The van der Waals surface area contributed by atoms with Crippen LogP contribution in [0.3, 0.4) is 0 Å². The molecule has 76 valence electrons. The normalized spacial score (nSPS) is 18.9. The fourth-order valence-electron chi connectivity index (χ4n) is 1.53. The van der Waals surface area contributed by atoms with E-state index in [0.29, 0.717) is 13.2 Å². The predicted octanol–water partition coefficient (Wildman–Crippen LogP) is 2.24. The summed E-state index contributed by atoms with van der Waals surface area (Å²) in [5, 5.41) is 0. The Balaban J connectivity index is 2.42. The monoisotopic (exact) mass is 257 g/mol. The van der Waals surface area contributed by atoms with Crippen molar-refractivity contribution in [1.82, 2.24) is 0 Å². The molecule has 0 bridgehead atoms. The highest BCUT2D eigenvalue weighted by molar-refractivity contribution is 9.10. The maximum atomic E-state index is 5.88. The molecule has 4 heteroatoms. The van der Waals surface area contributed by atoms with Gasteiger partial charge in [-0.25, -0.2) is 0 Å². The zero-order valence-electron chi connectivity index (χ0n) is 7.92. The lowest BCUT2D eigenvalue weighted by Crippen LogP contribution is -2.10. The molecule has 0 unspecified atom stereocenters. The molecule has 0 saturated carbocycles. The van der Waals surface area contributed by atoms with Gasteiger partial charge < -0.3 is 15.2 Å². The van der Waals surface area contributed by atoms with E-state index in [0.717, 1.165) is 21.5 Å². The van der Waals surface area contributed by atoms with Gasteiger partial charge in [-0.1, -0.05) is 0 Å². The SMILES string of the molecule is CCOc1cc(Br)c2c(c1)[C@H](N)CO2. The molecule has 14 heavy (non-hydrogen) atoms. The Hall–Kier alpha value is -0.740. The summed E-state index contributed by atoms with van der Waals surface area (Å²) in [4.78, 5) is 0. The zero-order valence-corrected chi connectivity index (χ0v) is 9.50. The van der Waals surface area contributed by atoms with Crippen LogP contribution < -0.4 is 15.2 Å². The Labute approximate surface area is 91.3 Å². The van der Waals surface area contributed by atoms with Crippen LogP contribution in [0.4, 0.5) is 0 Å². The first-order valence-corrected chi connectivity index (χ1v) is 5.36. The number of hydrogen-bond acceptors (Lipinski definition) is 3. The second kappa shape index (κ2) is 3.79. The maximum absolute atomic E-state index is 5.88. The molecular formula is C10H12BrNO2. The Kier molecular flexibility index (Phi) is 2.65. The van der Waals surface area contributed by atoms with E-state index >= 15 is 0 Å². The van der Waals surface area contributed by atoms with Gasteiger partial charge in [0.25, 0.3) is 0 Å². The van der Waals surface area contributed by atoms with Gasteiger partial charge in [0.05, 0.1) is 17.1 Å². The Morgan fingerprint density at radius 3 is 3.14 bits per heavy atom. The largest absolute Gasteiger partial charge is 0.494 e. The summed E-state index contributed by atoms with van der Waals surface area (Å²) in [6.45, 7) is 3.16. The van der Waals surface area contributed by atoms with E-state index in [1.807, 2.05) is 19.1 Å². The zero-order chi connectivity index (χ0) is 10.1. The lowest BCUT2D eigenvalue weighted by molar-refractivity contribution is 0.330. The van der Waals surface area contributed by atoms with E-state index in [4.69, 9.17) is 15.2 Å². The molecule has 0 fully saturated rings. The fourth-order valence-corrected chi connectivity index (χ4v) is 2.10. The lowest BCUT2D eigenvalue weighted by Gasteiger charge is -2.08. The van der Waals surface area contributed by atoms with Crippen LogP contribution in [0.25, 0.3) is 0 Å². The molecular weight excluding hydrogens is 246 g/mol. The lowest BCUT2D eigenvalue weighted by atomic mass is 10.1. The summed E-state index contributed by atoms with van der Waals surface area (Å²) in [7, 11) is 0. The fraction of sp³-hybridized carbons (Fsp3) is 0.400. The predicted molar refractivity (Wildman–Crippen MR) is 57.7 cm³/mol. The molecule has 2 N–H and O–H groups in total. The highest BCUT2D eigenvalue weighted by Crippen LogP contribution is 2.40. The van der Waals surface area contributed by atoms with Crippen LogP contribution in [0.15, 0.2) is 16.6 Å². The minimum Gasteiger partial charge on any atom is -0.494 e. The summed E-state index contributed by atoms with van der Waals surface area (Å²) in [6.07, 6.45) is 0. The van der Waals surface area contributed by atoms with Gasteiger partial charge in [-0.3, -0.25) is 0 Å². The van der Waals surface area contributed by atoms with Crippen LogP contribution in [0, 0.1) is 0 Å². The first-order valence-electron chi connectivity index (χ1n) is 4.57. The molecule has 0 spiro atoms. The van der Waals surface area contributed by atoms with Gasteiger partial charge in [-0.2, -0.15) is 0 Å². The molecule has 3 nitrogen and oxygen atoms in total. The van der Waals surface area contributed by atoms with Gasteiger partial charge in [0, 0.05) is 5.56 Å². The van der Waals surface area contributed by atoms with Crippen LogP contribution in [0.2, 0.25) is 0 Å². The molecule has 0 radical (unpaired) electrons. The quantitative estimate of drug-likeness (QED) is 0.884. The standard InChI is InChI=1S/C10H12BrNO2/c1-2-13-6-3-7-9(12)5-14-10(7)8(11)4-6/h3-4,9H,2,5,12H2,1H3/t9-/m1/s1. The van der Waals surface area contributed by atoms with Crippen LogP contribution in [0.5, 0.6) is 11.5 Å². The smallest absolute Gasteiger partial charge is 0.138 e. The Morgan fingerprint density at radius 2 is 2.43 bits per heavy atom. The number of ether oxygens (including phenoxy) is 2. The molecule has 0 amide bonds. The molecule has 1 heterocycles. The second-order valence-corrected chi connectivity index (χ2v) is 4.03. The third kappa shape index (κ3) is 1.60. The van der Waals surface area contributed by atoms with Gasteiger partial charge in [-0.15, -0.1) is 0 Å². The van der Waals surface area contributed by atoms with Gasteiger partial charge in [0.2, 0.25) is 0 Å².